The molecular formula is C8H15O2S. The molecule has 0 saturated heterocycles. The first-order valence-corrected chi connectivity index (χ1v) is 4.88. The van der Waals surface area contributed by atoms with E-state index < -0.39 is 0 Å². The van der Waals surface area contributed by atoms with Gasteiger partial charge < -0.3 is 4.74 Å². The van der Waals surface area contributed by atoms with Crippen LogP contribution in [0.1, 0.15) is 32.6 Å². The van der Waals surface area contributed by atoms with E-state index in [0.29, 0.717) is 0 Å². The molecule has 0 aromatic carbocycles. The lowest BCUT2D eigenvalue weighted by Gasteiger charge is -1.97. The predicted molar refractivity (Wildman–Crippen MR) is 48.4 cm³/mol. The second-order valence-corrected chi connectivity index (χ2v) is 3.33. The molecular weight excluding hydrogens is 160 g/mol. The number of carbonyl (C=O) groups is 1. The van der Waals surface area contributed by atoms with Gasteiger partial charge in [0.05, 0.1) is 0 Å². The Morgan fingerprint density at radius 2 is 2.18 bits per heavy atom. The number of rotatable bonds is 5. The maximum atomic E-state index is 10.5. The molecule has 0 atom stereocenters. The molecule has 0 N–H and O–H groups in total. The Hall–Kier alpha value is -0.180. The smallest absolute Gasteiger partial charge is 0.367 e. The summed E-state index contributed by atoms with van der Waals surface area (Å²) in [5.41, 5.74) is 0. The van der Waals surface area contributed by atoms with Crippen LogP contribution < -0.4 is 0 Å². The molecule has 0 heterocycles. The second kappa shape index (κ2) is 7.92. The monoisotopic (exact) mass is 175 g/mol. The second-order valence-electron chi connectivity index (χ2n) is 2.30. The third-order valence-corrected chi connectivity index (χ3v) is 2.18. The van der Waals surface area contributed by atoms with Crippen molar-refractivity contribution in [2.75, 3.05) is 5.75 Å². The topological polar surface area (TPSA) is 26.3 Å². The van der Waals surface area contributed by atoms with E-state index in [0.717, 1.165) is 12.2 Å². The van der Waals surface area contributed by atoms with Crippen molar-refractivity contribution in [3.05, 3.63) is 7.11 Å². The lowest BCUT2D eigenvalue weighted by atomic mass is 10.2. The third kappa shape index (κ3) is 7.72. The molecule has 2 nitrogen and oxygen atoms in total. The molecule has 0 aromatic rings. The van der Waals surface area contributed by atoms with E-state index >= 15 is 0 Å². The van der Waals surface area contributed by atoms with Gasteiger partial charge in [0.15, 0.2) is 0 Å². The van der Waals surface area contributed by atoms with E-state index in [1.807, 2.05) is 0 Å². The van der Waals surface area contributed by atoms with Crippen LogP contribution in [0.4, 0.5) is 4.79 Å². The summed E-state index contributed by atoms with van der Waals surface area (Å²) in [4.78, 5) is 10.5. The molecule has 0 bridgehead atoms. The molecule has 0 spiro atoms. The summed E-state index contributed by atoms with van der Waals surface area (Å²) in [6.45, 7) is 2.16. The molecule has 0 aromatic heterocycles. The van der Waals surface area contributed by atoms with E-state index in [2.05, 4.69) is 18.8 Å². The van der Waals surface area contributed by atoms with Crippen LogP contribution in [0.5, 0.6) is 0 Å². The molecule has 11 heavy (non-hydrogen) atoms. The van der Waals surface area contributed by atoms with Crippen molar-refractivity contribution in [3.63, 3.8) is 0 Å². The average Bonchev–Trinajstić information content (AvgIpc) is 2.04. The van der Waals surface area contributed by atoms with Crippen LogP contribution in [-0.4, -0.2) is 11.1 Å². The van der Waals surface area contributed by atoms with E-state index in [9.17, 15) is 4.79 Å². The van der Waals surface area contributed by atoms with Crippen molar-refractivity contribution in [1.29, 1.82) is 0 Å². The quantitative estimate of drug-likeness (QED) is 0.474. The lowest BCUT2D eigenvalue weighted by molar-refractivity contribution is 0.212. The summed E-state index contributed by atoms with van der Waals surface area (Å²) >= 11 is 1.20. The highest BCUT2D eigenvalue weighted by Gasteiger charge is 1.98. The van der Waals surface area contributed by atoms with Crippen LogP contribution >= 0.6 is 11.8 Å². The summed E-state index contributed by atoms with van der Waals surface area (Å²) in [6.07, 6.45) is 4.77. The highest BCUT2D eigenvalue weighted by molar-refractivity contribution is 8.13. The Morgan fingerprint density at radius 3 is 2.73 bits per heavy atom. The fourth-order valence-corrected chi connectivity index (χ4v) is 1.32. The van der Waals surface area contributed by atoms with Gasteiger partial charge >= 0.3 is 5.30 Å². The Bertz CT molecular complexity index is 104. The predicted octanol–water partition coefficient (Wildman–Crippen LogP) is 3.23. The van der Waals surface area contributed by atoms with Gasteiger partial charge in [0.2, 0.25) is 0 Å². The summed E-state index contributed by atoms with van der Waals surface area (Å²) in [6, 6.07) is 0. The number of hydrogen-bond donors (Lipinski definition) is 0. The average molecular weight is 175 g/mol. The highest BCUT2D eigenvalue weighted by atomic mass is 32.2. The van der Waals surface area contributed by atoms with Gasteiger partial charge in [0, 0.05) is 5.75 Å². The Kier molecular flexibility index (Phi) is 7.79. The number of unbranched alkanes of at least 4 members (excludes halogenated alkanes) is 3. The molecule has 0 aliphatic heterocycles. The first kappa shape index (κ1) is 10.8. The van der Waals surface area contributed by atoms with Gasteiger partial charge in [-0.2, -0.15) is 0 Å². The molecule has 0 fully saturated rings. The minimum atomic E-state index is -0.276. The maximum Gasteiger partial charge on any atom is 0.367 e. The first-order valence-electron chi connectivity index (χ1n) is 3.90. The number of hydrogen-bond acceptors (Lipinski definition) is 3. The van der Waals surface area contributed by atoms with Crippen LogP contribution in [0.3, 0.4) is 0 Å². The summed E-state index contributed by atoms with van der Waals surface area (Å²) in [5, 5.41) is -0.276. The van der Waals surface area contributed by atoms with Crippen LogP contribution in [0.25, 0.3) is 0 Å². The summed E-state index contributed by atoms with van der Waals surface area (Å²) < 4.78 is 4.23. The zero-order valence-corrected chi connectivity index (χ0v) is 7.78. The molecule has 0 aliphatic carbocycles. The van der Waals surface area contributed by atoms with E-state index in [4.69, 9.17) is 0 Å². The standard InChI is InChI=1S/C8H15O2S/c1-3-4-5-6-7-11-8(9)10-2/h2-7H2,1H3. The van der Waals surface area contributed by atoms with Crippen LogP contribution in [0.2, 0.25) is 0 Å². The van der Waals surface area contributed by atoms with Crippen molar-refractivity contribution in [3.8, 4) is 0 Å². The van der Waals surface area contributed by atoms with Crippen LogP contribution in [0, 0.1) is 7.11 Å². The normalized spacial score (nSPS) is 9.64. The summed E-state index contributed by atoms with van der Waals surface area (Å²) in [7, 11) is 3.03. The molecule has 0 aliphatic rings. The number of ether oxygens (including phenoxy) is 1. The molecule has 0 rings (SSSR count). The van der Waals surface area contributed by atoms with Crippen molar-refractivity contribution in [2.24, 2.45) is 0 Å². The van der Waals surface area contributed by atoms with Crippen LogP contribution in [0.15, 0.2) is 0 Å². The molecule has 0 unspecified atom stereocenters. The molecule has 65 valence electrons. The highest BCUT2D eigenvalue weighted by Crippen LogP contribution is 2.09. The largest absolute Gasteiger partial charge is 0.454 e. The summed E-state index contributed by atoms with van der Waals surface area (Å²) in [5.74, 6) is 0.856. The minimum Gasteiger partial charge on any atom is -0.454 e. The lowest BCUT2D eigenvalue weighted by Crippen LogP contribution is -1.91. The van der Waals surface area contributed by atoms with Gasteiger partial charge in [-0.15, -0.1) is 0 Å². The van der Waals surface area contributed by atoms with E-state index in [1.54, 1.807) is 0 Å². The maximum absolute atomic E-state index is 10.5. The Labute approximate surface area is 72.7 Å². The Balaban J connectivity index is 2.95. The Morgan fingerprint density at radius 1 is 1.45 bits per heavy atom. The van der Waals surface area contributed by atoms with Gasteiger partial charge in [-0.1, -0.05) is 26.2 Å². The van der Waals surface area contributed by atoms with Gasteiger partial charge in [0.1, 0.15) is 7.11 Å². The minimum absolute atomic E-state index is 0.276. The first-order chi connectivity index (χ1) is 5.31. The molecule has 0 amide bonds. The van der Waals surface area contributed by atoms with Gasteiger partial charge in [0.25, 0.3) is 0 Å². The fraction of sp³-hybridized carbons (Fsp3) is 0.750. The fourth-order valence-electron chi connectivity index (χ4n) is 0.726. The zero-order chi connectivity index (χ0) is 8.53. The molecule has 3 heteroatoms. The van der Waals surface area contributed by atoms with E-state index in [1.165, 1.54) is 31.0 Å². The third-order valence-electron chi connectivity index (χ3n) is 1.34. The van der Waals surface area contributed by atoms with Crippen molar-refractivity contribution < 1.29 is 9.53 Å². The van der Waals surface area contributed by atoms with Gasteiger partial charge in [-0.05, 0) is 18.2 Å². The van der Waals surface area contributed by atoms with Gasteiger partial charge in [-0.3, -0.25) is 0 Å². The van der Waals surface area contributed by atoms with Gasteiger partial charge in [-0.25, -0.2) is 4.79 Å². The van der Waals surface area contributed by atoms with Crippen molar-refractivity contribution in [1.82, 2.24) is 0 Å². The van der Waals surface area contributed by atoms with Crippen molar-refractivity contribution >= 4 is 17.1 Å². The van der Waals surface area contributed by atoms with Crippen LogP contribution in [-0.2, 0) is 4.74 Å². The van der Waals surface area contributed by atoms with Crippen molar-refractivity contribution in [2.45, 2.75) is 32.6 Å². The number of thioether (sulfide) groups is 1. The molecule has 0 saturated carbocycles. The zero-order valence-electron chi connectivity index (χ0n) is 6.97. The number of carbonyl (C=O) groups excluding carboxylic acids is 1. The van der Waals surface area contributed by atoms with E-state index in [-0.39, 0.29) is 5.30 Å². The SMILES string of the molecule is [CH2]OC(=O)SCCCCCC. The molecule has 1 radical (unpaired) electrons.